The maximum Gasteiger partial charge on any atom is 0.315 e. The zero-order valence-corrected chi connectivity index (χ0v) is 10.2. The van der Waals surface area contributed by atoms with Crippen LogP contribution in [0.2, 0.25) is 0 Å². The van der Waals surface area contributed by atoms with E-state index in [1.165, 1.54) is 0 Å². The van der Waals surface area contributed by atoms with Crippen LogP contribution in [0.1, 0.15) is 45.4 Å². The van der Waals surface area contributed by atoms with Crippen molar-refractivity contribution in [2.75, 3.05) is 0 Å². The van der Waals surface area contributed by atoms with Crippen LogP contribution in [0.4, 0.5) is 4.79 Å². The molecule has 0 aromatic rings. The molecule has 2 saturated carbocycles. The molecule has 2 aliphatic carbocycles. The number of carbonyl (C=O) groups excluding carboxylic acids is 1. The minimum atomic E-state index is -0.710. The van der Waals surface area contributed by atoms with Gasteiger partial charge in [-0.2, -0.15) is 0 Å². The van der Waals surface area contributed by atoms with Gasteiger partial charge in [-0.1, -0.05) is 0 Å². The number of carbonyl (C=O) groups is 2. The van der Waals surface area contributed by atoms with Crippen molar-refractivity contribution in [2.45, 2.75) is 57.0 Å². The highest BCUT2D eigenvalue weighted by atomic mass is 16.4. The van der Waals surface area contributed by atoms with E-state index in [2.05, 4.69) is 10.6 Å². The number of hydrogen-bond acceptors (Lipinski definition) is 2. The Morgan fingerprint density at radius 1 is 1.18 bits per heavy atom. The smallest absolute Gasteiger partial charge is 0.315 e. The van der Waals surface area contributed by atoms with Gasteiger partial charge in [-0.15, -0.1) is 0 Å². The molecule has 0 radical (unpaired) electrons. The fourth-order valence-electron chi connectivity index (χ4n) is 2.29. The van der Waals surface area contributed by atoms with E-state index in [1.54, 1.807) is 0 Å². The standard InChI is InChI=1S/C12H20N2O3/c1-12(6-7-12)14-11(17)13-9-4-2-8(3-5-9)10(15)16/h8-9H,2-7H2,1H3,(H,15,16)(H2,13,14,17). The molecule has 0 saturated heterocycles. The molecule has 5 heteroatoms. The summed E-state index contributed by atoms with van der Waals surface area (Å²) in [4.78, 5) is 22.4. The van der Waals surface area contributed by atoms with Crippen molar-refractivity contribution < 1.29 is 14.7 Å². The van der Waals surface area contributed by atoms with Gasteiger partial charge in [0.25, 0.3) is 0 Å². The van der Waals surface area contributed by atoms with Gasteiger partial charge in [0.1, 0.15) is 0 Å². The largest absolute Gasteiger partial charge is 0.481 e. The van der Waals surface area contributed by atoms with Crippen molar-refractivity contribution in [3.63, 3.8) is 0 Å². The highest BCUT2D eigenvalue weighted by Crippen LogP contribution is 2.34. The maximum absolute atomic E-state index is 11.6. The minimum Gasteiger partial charge on any atom is -0.481 e. The second-order valence-electron chi connectivity index (χ2n) is 5.55. The van der Waals surface area contributed by atoms with Gasteiger partial charge in [-0.05, 0) is 45.4 Å². The zero-order valence-electron chi connectivity index (χ0n) is 10.2. The van der Waals surface area contributed by atoms with E-state index in [0.29, 0.717) is 12.8 Å². The van der Waals surface area contributed by atoms with Gasteiger partial charge in [0.2, 0.25) is 0 Å². The van der Waals surface area contributed by atoms with Crippen LogP contribution in [0.3, 0.4) is 0 Å². The van der Waals surface area contributed by atoms with Crippen LogP contribution in [0.5, 0.6) is 0 Å². The van der Waals surface area contributed by atoms with E-state index in [4.69, 9.17) is 5.11 Å². The highest BCUT2D eigenvalue weighted by molar-refractivity contribution is 5.75. The number of urea groups is 1. The van der Waals surface area contributed by atoms with Crippen LogP contribution in [0.25, 0.3) is 0 Å². The predicted molar refractivity (Wildman–Crippen MR) is 62.7 cm³/mol. The molecule has 0 atom stereocenters. The van der Waals surface area contributed by atoms with Gasteiger partial charge in [0, 0.05) is 11.6 Å². The summed E-state index contributed by atoms with van der Waals surface area (Å²) < 4.78 is 0. The lowest BCUT2D eigenvalue weighted by atomic mass is 9.86. The third-order valence-electron chi connectivity index (χ3n) is 3.83. The third kappa shape index (κ3) is 3.35. The van der Waals surface area contributed by atoms with Gasteiger partial charge >= 0.3 is 12.0 Å². The lowest BCUT2D eigenvalue weighted by Gasteiger charge is -2.27. The Hall–Kier alpha value is -1.26. The molecule has 5 nitrogen and oxygen atoms in total. The van der Waals surface area contributed by atoms with E-state index in [1.807, 2.05) is 6.92 Å². The van der Waals surface area contributed by atoms with Crippen LogP contribution >= 0.6 is 0 Å². The lowest BCUT2D eigenvalue weighted by Crippen LogP contribution is -2.47. The summed E-state index contributed by atoms with van der Waals surface area (Å²) in [5.41, 5.74) is 0.00233. The van der Waals surface area contributed by atoms with Crippen molar-refractivity contribution in [1.82, 2.24) is 10.6 Å². The van der Waals surface area contributed by atoms with Crippen LogP contribution in [-0.4, -0.2) is 28.7 Å². The van der Waals surface area contributed by atoms with Crippen LogP contribution in [-0.2, 0) is 4.79 Å². The first-order chi connectivity index (χ1) is 7.98. The molecular formula is C12H20N2O3. The third-order valence-corrected chi connectivity index (χ3v) is 3.83. The fourth-order valence-corrected chi connectivity index (χ4v) is 2.29. The SMILES string of the molecule is CC1(NC(=O)NC2CCC(C(=O)O)CC2)CC1. The summed E-state index contributed by atoms with van der Waals surface area (Å²) >= 11 is 0. The number of amides is 2. The quantitative estimate of drug-likeness (QED) is 0.699. The fraction of sp³-hybridized carbons (Fsp3) is 0.833. The van der Waals surface area contributed by atoms with Crippen LogP contribution in [0.15, 0.2) is 0 Å². The molecule has 0 heterocycles. The van der Waals surface area contributed by atoms with Crippen molar-refractivity contribution >= 4 is 12.0 Å². The molecule has 0 aromatic heterocycles. The Kier molecular flexibility index (Phi) is 3.26. The van der Waals surface area contributed by atoms with Crippen LogP contribution in [0, 0.1) is 5.92 Å². The number of nitrogens with one attached hydrogen (secondary N) is 2. The monoisotopic (exact) mass is 240 g/mol. The molecule has 96 valence electrons. The maximum atomic E-state index is 11.6. The average Bonchev–Trinajstić information content (AvgIpc) is 2.96. The summed E-state index contributed by atoms with van der Waals surface area (Å²) in [6.07, 6.45) is 4.95. The molecule has 3 N–H and O–H groups in total. The van der Waals surface area contributed by atoms with Gasteiger partial charge < -0.3 is 15.7 Å². The number of carboxylic acids is 1. The Bertz CT molecular complexity index is 318. The van der Waals surface area contributed by atoms with Crippen molar-refractivity contribution in [3.8, 4) is 0 Å². The Morgan fingerprint density at radius 3 is 2.24 bits per heavy atom. The summed E-state index contributed by atoms with van der Waals surface area (Å²) in [6.45, 7) is 2.04. The molecule has 0 spiro atoms. The predicted octanol–water partition coefficient (Wildman–Crippen LogP) is 1.48. The number of carboxylic acid groups (broad SMARTS) is 1. The number of hydrogen-bond donors (Lipinski definition) is 3. The minimum absolute atomic E-state index is 0.00233. The van der Waals surface area contributed by atoms with Crippen molar-refractivity contribution in [3.05, 3.63) is 0 Å². The first-order valence-corrected chi connectivity index (χ1v) is 6.30. The average molecular weight is 240 g/mol. The van der Waals surface area contributed by atoms with E-state index in [-0.39, 0.29) is 23.5 Å². The molecular weight excluding hydrogens is 220 g/mol. The molecule has 2 aliphatic rings. The molecule has 2 fully saturated rings. The highest BCUT2D eigenvalue weighted by Gasteiger charge is 2.39. The van der Waals surface area contributed by atoms with Crippen molar-refractivity contribution in [1.29, 1.82) is 0 Å². The Morgan fingerprint density at radius 2 is 1.76 bits per heavy atom. The van der Waals surface area contributed by atoms with Gasteiger partial charge in [0.05, 0.1) is 5.92 Å². The van der Waals surface area contributed by atoms with E-state index < -0.39 is 5.97 Å². The molecule has 0 aromatic carbocycles. The van der Waals surface area contributed by atoms with E-state index in [0.717, 1.165) is 25.7 Å². The number of aliphatic carboxylic acids is 1. The summed E-state index contributed by atoms with van der Waals surface area (Å²) in [6, 6.07) is 0.0247. The van der Waals surface area contributed by atoms with Crippen molar-refractivity contribution in [2.24, 2.45) is 5.92 Å². The van der Waals surface area contributed by atoms with E-state index in [9.17, 15) is 9.59 Å². The molecule has 0 aliphatic heterocycles. The van der Waals surface area contributed by atoms with Gasteiger partial charge in [-0.3, -0.25) is 4.79 Å². The molecule has 0 unspecified atom stereocenters. The van der Waals surface area contributed by atoms with E-state index >= 15 is 0 Å². The Labute approximate surface area is 101 Å². The number of rotatable bonds is 3. The normalized spacial score (nSPS) is 30.4. The summed E-state index contributed by atoms with van der Waals surface area (Å²) in [7, 11) is 0. The second kappa shape index (κ2) is 4.55. The molecule has 17 heavy (non-hydrogen) atoms. The summed E-state index contributed by atoms with van der Waals surface area (Å²) in [5, 5.41) is 14.7. The molecule has 2 rings (SSSR count). The van der Waals surface area contributed by atoms with Gasteiger partial charge in [0.15, 0.2) is 0 Å². The lowest BCUT2D eigenvalue weighted by molar-refractivity contribution is -0.142. The topological polar surface area (TPSA) is 78.4 Å². The van der Waals surface area contributed by atoms with Gasteiger partial charge in [-0.25, -0.2) is 4.79 Å². The Balaban J connectivity index is 1.70. The first-order valence-electron chi connectivity index (χ1n) is 6.30. The zero-order chi connectivity index (χ0) is 12.5. The first kappa shape index (κ1) is 12.2. The molecule has 2 amide bonds. The second-order valence-corrected chi connectivity index (χ2v) is 5.55. The summed E-state index contributed by atoms with van der Waals surface area (Å²) in [5.74, 6) is -0.935. The molecule has 0 bridgehead atoms. The van der Waals surface area contributed by atoms with Crippen LogP contribution < -0.4 is 10.6 Å².